The maximum Gasteiger partial charge on any atom is 0.224 e. The number of benzene rings is 1. The van der Waals surface area contributed by atoms with Gasteiger partial charge in [-0.2, -0.15) is 0 Å². The molecule has 0 saturated carbocycles. The highest BCUT2D eigenvalue weighted by Gasteiger charge is 2.28. The van der Waals surface area contributed by atoms with E-state index >= 15 is 0 Å². The standard InChI is InChI=1S/C21H25N5O2/c1-14-5-4-6-15(2)20(14)23-21-17-12-25(9-7-18(17)28-24-21)19(27)11-16(3)26-10-8-22-13-26/h4-6,8,10,13,16H,7,9,11-12H2,1-3H3,(H,23,24)/t16-/m1/s1. The van der Waals surface area contributed by atoms with Crippen molar-refractivity contribution in [3.05, 3.63) is 59.4 Å². The van der Waals surface area contributed by atoms with Crippen molar-refractivity contribution in [2.75, 3.05) is 11.9 Å². The van der Waals surface area contributed by atoms with Crippen LogP contribution in [0.5, 0.6) is 0 Å². The first-order valence-electron chi connectivity index (χ1n) is 9.59. The molecule has 2 aromatic heterocycles. The van der Waals surface area contributed by atoms with Gasteiger partial charge < -0.3 is 19.3 Å². The maximum atomic E-state index is 12.8. The highest BCUT2D eigenvalue weighted by atomic mass is 16.5. The number of para-hydroxylation sites is 1. The second kappa shape index (κ2) is 7.50. The van der Waals surface area contributed by atoms with E-state index in [1.165, 1.54) is 0 Å². The van der Waals surface area contributed by atoms with Crippen LogP contribution in [-0.2, 0) is 17.8 Å². The molecule has 7 nitrogen and oxygen atoms in total. The minimum atomic E-state index is 0.0751. The largest absolute Gasteiger partial charge is 0.359 e. The molecule has 1 aliphatic rings. The molecule has 0 unspecified atom stereocenters. The van der Waals surface area contributed by atoms with Crippen molar-refractivity contribution in [1.82, 2.24) is 19.6 Å². The molecule has 3 heterocycles. The number of aryl methyl sites for hydroxylation is 2. The third-order valence-corrected chi connectivity index (χ3v) is 5.41. The van der Waals surface area contributed by atoms with Gasteiger partial charge in [0.25, 0.3) is 0 Å². The molecule has 1 aliphatic heterocycles. The highest BCUT2D eigenvalue weighted by molar-refractivity contribution is 5.77. The Morgan fingerprint density at radius 2 is 2.11 bits per heavy atom. The fourth-order valence-corrected chi connectivity index (χ4v) is 3.67. The smallest absolute Gasteiger partial charge is 0.224 e. The number of imidazole rings is 1. The molecule has 28 heavy (non-hydrogen) atoms. The Bertz CT molecular complexity index is 957. The van der Waals surface area contributed by atoms with Gasteiger partial charge in [-0.25, -0.2) is 4.98 Å². The van der Waals surface area contributed by atoms with E-state index in [1.807, 2.05) is 28.7 Å². The number of aromatic nitrogens is 3. The van der Waals surface area contributed by atoms with Gasteiger partial charge in [0.1, 0.15) is 5.76 Å². The lowest BCUT2D eigenvalue weighted by molar-refractivity contribution is -0.132. The summed E-state index contributed by atoms with van der Waals surface area (Å²) in [6.45, 7) is 7.33. The van der Waals surface area contributed by atoms with Crippen LogP contribution in [0.2, 0.25) is 0 Å². The van der Waals surface area contributed by atoms with E-state index in [0.29, 0.717) is 31.7 Å². The quantitative estimate of drug-likeness (QED) is 0.730. The second-order valence-corrected chi connectivity index (χ2v) is 7.45. The fourth-order valence-electron chi connectivity index (χ4n) is 3.67. The van der Waals surface area contributed by atoms with E-state index in [-0.39, 0.29) is 11.9 Å². The van der Waals surface area contributed by atoms with Crippen molar-refractivity contribution in [3.63, 3.8) is 0 Å². The van der Waals surface area contributed by atoms with Crippen LogP contribution in [0.25, 0.3) is 0 Å². The third kappa shape index (κ3) is 3.52. The summed E-state index contributed by atoms with van der Waals surface area (Å²) in [6, 6.07) is 6.24. The molecule has 3 aromatic rings. The molecule has 4 rings (SSSR count). The van der Waals surface area contributed by atoms with Gasteiger partial charge in [-0.1, -0.05) is 23.4 Å². The zero-order chi connectivity index (χ0) is 19.7. The van der Waals surface area contributed by atoms with Gasteiger partial charge in [0.2, 0.25) is 5.91 Å². The van der Waals surface area contributed by atoms with Gasteiger partial charge in [-0.15, -0.1) is 0 Å². The first kappa shape index (κ1) is 18.3. The first-order valence-corrected chi connectivity index (χ1v) is 9.59. The molecular weight excluding hydrogens is 354 g/mol. The molecule has 0 spiro atoms. The number of amides is 1. The summed E-state index contributed by atoms with van der Waals surface area (Å²) in [5.74, 6) is 1.69. The summed E-state index contributed by atoms with van der Waals surface area (Å²) in [5.41, 5.74) is 4.30. The molecule has 1 N–H and O–H groups in total. The number of nitrogens with one attached hydrogen (secondary N) is 1. The van der Waals surface area contributed by atoms with Gasteiger partial charge in [0.15, 0.2) is 5.82 Å². The lowest BCUT2D eigenvalue weighted by atomic mass is 10.1. The fraction of sp³-hybridized carbons (Fsp3) is 0.381. The Morgan fingerprint density at radius 3 is 2.82 bits per heavy atom. The molecular formula is C21H25N5O2. The molecule has 0 aliphatic carbocycles. The van der Waals surface area contributed by atoms with Crippen LogP contribution < -0.4 is 5.32 Å². The number of anilines is 2. The van der Waals surface area contributed by atoms with Crippen LogP contribution in [-0.4, -0.2) is 32.1 Å². The monoisotopic (exact) mass is 379 g/mol. The molecule has 146 valence electrons. The van der Waals surface area contributed by atoms with Crippen molar-refractivity contribution in [3.8, 4) is 0 Å². The van der Waals surface area contributed by atoms with Gasteiger partial charge in [-0.3, -0.25) is 4.79 Å². The van der Waals surface area contributed by atoms with Crippen molar-refractivity contribution in [1.29, 1.82) is 0 Å². The Hall–Kier alpha value is -3.09. The normalized spacial score (nSPS) is 14.6. The number of fused-ring (bicyclic) bond motifs is 1. The number of carbonyl (C=O) groups is 1. The number of carbonyl (C=O) groups excluding carboxylic acids is 1. The molecule has 1 amide bonds. The van der Waals surface area contributed by atoms with Crippen LogP contribution in [0.15, 0.2) is 41.4 Å². The molecule has 0 saturated heterocycles. The van der Waals surface area contributed by atoms with Gasteiger partial charge in [-0.05, 0) is 31.9 Å². The SMILES string of the molecule is Cc1cccc(C)c1Nc1noc2c1CN(C(=O)C[C@@H](C)n1ccnc1)CC2. The first-order chi connectivity index (χ1) is 13.5. The molecule has 7 heteroatoms. The molecule has 1 aromatic carbocycles. The van der Waals surface area contributed by atoms with E-state index in [2.05, 4.69) is 41.4 Å². The van der Waals surface area contributed by atoms with E-state index in [0.717, 1.165) is 28.1 Å². The Morgan fingerprint density at radius 1 is 1.32 bits per heavy atom. The summed E-state index contributed by atoms with van der Waals surface area (Å²) >= 11 is 0. The van der Waals surface area contributed by atoms with Gasteiger partial charge in [0, 0.05) is 43.5 Å². The number of rotatable bonds is 5. The van der Waals surface area contributed by atoms with Gasteiger partial charge in [0.05, 0.1) is 18.4 Å². The Balaban J connectivity index is 1.49. The summed E-state index contributed by atoms with van der Waals surface area (Å²) in [6.07, 6.45) is 6.49. The number of nitrogens with zero attached hydrogens (tertiary/aromatic N) is 4. The predicted molar refractivity (Wildman–Crippen MR) is 106 cm³/mol. The van der Waals surface area contributed by atoms with Crippen LogP contribution in [0, 0.1) is 13.8 Å². The summed E-state index contributed by atoms with van der Waals surface area (Å²) in [4.78, 5) is 18.8. The Labute approximate surface area is 164 Å². The van der Waals surface area contributed by atoms with Crippen molar-refractivity contribution in [2.45, 2.75) is 46.2 Å². The molecule has 0 fully saturated rings. The average Bonchev–Trinajstić information content (AvgIpc) is 3.34. The lowest BCUT2D eigenvalue weighted by Gasteiger charge is -2.27. The minimum absolute atomic E-state index is 0.0751. The number of hydrogen-bond donors (Lipinski definition) is 1. The molecule has 0 radical (unpaired) electrons. The zero-order valence-corrected chi connectivity index (χ0v) is 16.5. The average molecular weight is 379 g/mol. The van der Waals surface area contributed by atoms with Crippen molar-refractivity contribution >= 4 is 17.4 Å². The summed E-state index contributed by atoms with van der Waals surface area (Å²) in [5, 5.41) is 7.65. The van der Waals surface area contributed by atoms with Crippen molar-refractivity contribution in [2.24, 2.45) is 0 Å². The van der Waals surface area contributed by atoms with E-state index in [9.17, 15) is 4.79 Å². The molecule has 1 atom stereocenters. The van der Waals surface area contributed by atoms with E-state index < -0.39 is 0 Å². The lowest BCUT2D eigenvalue weighted by Crippen LogP contribution is -2.36. The minimum Gasteiger partial charge on any atom is -0.359 e. The van der Waals surface area contributed by atoms with Gasteiger partial charge >= 0.3 is 0 Å². The number of hydrogen-bond acceptors (Lipinski definition) is 5. The topological polar surface area (TPSA) is 76.2 Å². The highest BCUT2D eigenvalue weighted by Crippen LogP contribution is 2.31. The summed E-state index contributed by atoms with van der Waals surface area (Å²) < 4.78 is 7.50. The van der Waals surface area contributed by atoms with E-state index in [4.69, 9.17) is 4.52 Å². The van der Waals surface area contributed by atoms with Crippen LogP contribution in [0.3, 0.4) is 0 Å². The van der Waals surface area contributed by atoms with Crippen LogP contribution in [0.4, 0.5) is 11.5 Å². The zero-order valence-electron chi connectivity index (χ0n) is 16.5. The van der Waals surface area contributed by atoms with Crippen LogP contribution >= 0.6 is 0 Å². The van der Waals surface area contributed by atoms with E-state index in [1.54, 1.807) is 12.5 Å². The summed E-state index contributed by atoms with van der Waals surface area (Å²) in [7, 11) is 0. The Kier molecular flexibility index (Phi) is 4.90. The predicted octanol–water partition coefficient (Wildman–Crippen LogP) is 3.77. The maximum absolute atomic E-state index is 12.8. The molecule has 0 bridgehead atoms. The van der Waals surface area contributed by atoms with Crippen LogP contribution in [0.1, 0.15) is 41.8 Å². The third-order valence-electron chi connectivity index (χ3n) is 5.41. The van der Waals surface area contributed by atoms with Crippen molar-refractivity contribution < 1.29 is 9.32 Å². The second-order valence-electron chi connectivity index (χ2n) is 7.45.